The normalized spacial score (nSPS) is 11.4. The summed E-state index contributed by atoms with van der Waals surface area (Å²) in [5.41, 5.74) is 3.86. The molecule has 0 saturated heterocycles. The lowest BCUT2D eigenvalue weighted by Gasteiger charge is -2.11. The molecule has 0 radical (unpaired) electrons. The van der Waals surface area contributed by atoms with Crippen molar-refractivity contribution in [3.63, 3.8) is 0 Å². The number of methoxy groups -OCH3 is 1. The molecule has 0 fully saturated rings. The molecular formula is C14H18BIOS. The smallest absolute Gasteiger partial charge is 0.147 e. The zero-order valence-electron chi connectivity index (χ0n) is 11.3. The second-order valence-corrected chi connectivity index (χ2v) is 6.70. The van der Waals surface area contributed by atoms with E-state index in [1.54, 1.807) is 18.9 Å². The summed E-state index contributed by atoms with van der Waals surface area (Å²) < 4.78 is 6.69. The van der Waals surface area contributed by atoms with E-state index in [2.05, 4.69) is 60.6 Å². The maximum atomic E-state index is 5.45. The summed E-state index contributed by atoms with van der Waals surface area (Å²) >= 11 is 4.02. The molecule has 0 bridgehead atoms. The molecule has 0 aliphatic heterocycles. The molecule has 0 N–H and O–H groups in total. The number of thioether (sulfide) groups is 1. The van der Waals surface area contributed by atoms with Crippen molar-refractivity contribution in [3.8, 4) is 5.75 Å². The van der Waals surface area contributed by atoms with E-state index in [-0.39, 0.29) is 0 Å². The highest BCUT2D eigenvalue weighted by Gasteiger charge is 2.07. The average Bonchev–Trinajstić information content (AvgIpc) is 2.31. The third kappa shape index (κ3) is 4.73. The molecule has 96 valence electrons. The lowest BCUT2D eigenvalue weighted by Crippen LogP contribution is -1.96. The van der Waals surface area contributed by atoms with Crippen LogP contribution < -0.4 is 4.74 Å². The predicted octanol–water partition coefficient (Wildman–Crippen LogP) is 3.89. The van der Waals surface area contributed by atoms with Gasteiger partial charge in [-0.2, -0.15) is 0 Å². The van der Waals surface area contributed by atoms with E-state index >= 15 is 0 Å². The third-order valence-electron chi connectivity index (χ3n) is 2.49. The summed E-state index contributed by atoms with van der Waals surface area (Å²) in [5, 5.41) is 2.16. The molecule has 1 rings (SSSR count). The molecule has 0 spiro atoms. The van der Waals surface area contributed by atoms with E-state index in [4.69, 9.17) is 4.74 Å². The van der Waals surface area contributed by atoms with Gasteiger partial charge < -0.3 is 4.74 Å². The SMILES string of the molecule is BC(=C)S/C=C(\C)Cc1cc(C)c(I)cc1OC. The first-order chi connectivity index (χ1) is 8.43. The molecule has 0 saturated carbocycles. The van der Waals surface area contributed by atoms with Gasteiger partial charge in [0.1, 0.15) is 13.6 Å². The van der Waals surface area contributed by atoms with Crippen LogP contribution in [0.3, 0.4) is 0 Å². The Morgan fingerprint density at radius 3 is 2.78 bits per heavy atom. The third-order valence-corrected chi connectivity index (χ3v) is 4.58. The lowest BCUT2D eigenvalue weighted by atomic mass is 10.0. The fourth-order valence-electron chi connectivity index (χ4n) is 1.59. The topological polar surface area (TPSA) is 9.23 Å². The average molecular weight is 372 g/mol. The molecule has 1 nitrogen and oxygen atoms in total. The summed E-state index contributed by atoms with van der Waals surface area (Å²) in [6, 6.07) is 4.31. The summed E-state index contributed by atoms with van der Waals surface area (Å²) in [7, 11) is 3.75. The van der Waals surface area contributed by atoms with Crippen LogP contribution in [0.15, 0.2) is 34.5 Å². The van der Waals surface area contributed by atoms with Crippen molar-refractivity contribution >= 4 is 42.2 Å². The molecule has 0 amide bonds. The molecule has 4 heteroatoms. The van der Waals surface area contributed by atoms with Crippen LogP contribution in [0.4, 0.5) is 0 Å². The minimum Gasteiger partial charge on any atom is -0.496 e. The molecule has 0 unspecified atom stereocenters. The first kappa shape index (κ1) is 15.7. The first-order valence-electron chi connectivity index (χ1n) is 5.75. The van der Waals surface area contributed by atoms with Gasteiger partial charge in [-0.15, -0.1) is 11.8 Å². The van der Waals surface area contributed by atoms with Crippen LogP contribution in [0.2, 0.25) is 0 Å². The Hall–Kier alpha value is -0.355. The highest BCUT2D eigenvalue weighted by molar-refractivity contribution is 14.1. The molecular weight excluding hydrogens is 354 g/mol. The minimum absolute atomic E-state index is 0.918. The van der Waals surface area contributed by atoms with E-state index in [0.29, 0.717) is 0 Å². The molecule has 18 heavy (non-hydrogen) atoms. The quantitative estimate of drug-likeness (QED) is 0.573. The van der Waals surface area contributed by atoms with Crippen molar-refractivity contribution in [3.05, 3.63) is 49.2 Å². The zero-order chi connectivity index (χ0) is 13.7. The number of rotatable bonds is 5. The fourth-order valence-corrected chi connectivity index (χ4v) is 2.52. The zero-order valence-corrected chi connectivity index (χ0v) is 14.3. The summed E-state index contributed by atoms with van der Waals surface area (Å²) in [6.07, 6.45) is 0.918. The predicted molar refractivity (Wildman–Crippen MR) is 93.2 cm³/mol. The van der Waals surface area contributed by atoms with Gasteiger partial charge in [0.15, 0.2) is 0 Å². The number of aryl methyl sites for hydroxylation is 1. The Balaban J connectivity index is 2.93. The largest absolute Gasteiger partial charge is 0.496 e. The highest BCUT2D eigenvalue weighted by atomic mass is 127. The van der Waals surface area contributed by atoms with E-state index in [9.17, 15) is 0 Å². The van der Waals surface area contributed by atoms with E-state index in [1.807, 2.05) is 7.85 Å². The first-order valence-corrected chi connectivity index (χ1v) is 7.70. The van der Waals surface area contributed by atoms with Crippen LogP contribution in [0.25, 0.3) is 0 Å². The summed E-state index contributed by atoms with van der Waals surface area (Å²) in [5.74, 6) is 0.970. The minimum atomic E-state index is 0.918. The second kappa shape index (κ2) is 7.29. The number of hydrogen-bond acceptors (Lipinski definition) is 2. The van der Waals surface area contributed by atoms with E-state index in [1.165, 1.54) is 20.3 Å². The van der Waals surface area contributed by atoms with Crippen molar-refractivity contribution in [1.82, 2.24) is 0 Å². The maximum absolute atomic E-state index is 5.45. The molecule has 0 heterocycles. The van der Waals surface area contributed by atoms with Gasteiger partial charge in [0.2, 0.25) is 0 Å². The van der Waals surface area contributed by atoms with Crippen LogP contribution in [0.5, 0.6) is 5.75 Å². The number of hydrogen-bond donors (Lipinski definition) is 0. The van der Waals surface area contributed by atoms with Gasteiger partial charge in [0, 0.05) is 3.57 Å². The van der Waals surface area contributed by atoms with Gasteiger partial charge in [-0.3, -0.25) is 0 Å². The number of ether oxygens (including phenoxy) is 1. The number of benzene rings is 1. The van der Waals surface area contributed by atoms with Crippen molar-refractivity contribution in [2.45, 2.75) is 20.3 Å². The number of halogens is 1. The fraction of sp³-hybridized carbons (Fsp3) is 0.286. The maximum Gasteiger partial charge on any atom is 0.147 e. The molecule has 1 aromatic carbocycles. The van der Waals surface area contributed by atoms with Crippen molar-refractivity contribution in [1.29, 1.82) is 0 Å². The second-order valence-electron chi connectivity index (χ2n) is 4.37. The monoisotopic (exact) mass is 372 g/mol. The van der Waals surface area contributed by atoms with E-state index in [0.717, 1.165) is 17.0 Å². The summed E-state index contributed by atoms with van der Waals surface area (Å²) in [6.45, 7) is 8.16. The van der Waals surface area contributed by atoms with Gasteiger partial charge in [-0.05, 0) is 65.5 Å². The Bertz CT molecular complexity index is 483. The van der Waals surface area contributed by atoms with E-state index < -0.39 is 0 Å². The van der Waals surface area contributed by atoms with Crippen LogP contribution in [-0.4, -0.2) is 15.0 Å². The van der Waals surface area contributed by atoms with Crippen LogP contribution in [0, 0.1) is 10.5 Å². The van der Waals surface area contributed by atoms with Crippen LogP contribution >= 0.6 is 34.4 Å². The summed E-state index contributed by atoms with van der Waals surface area (Å²) in [4.78, 5) is 1.11. The van der Waals surface area contributed by atoms with Gasteiger partial charge in [0.05, 0.1) is 7.11 Å². The van der Waals surface area contributed by atoms with Gasteiger partial charge in [-0.25, -0.2) is 0 Å². The van der Waals surface area contributed by atoms with Gasteiger partial charge >= 0.3 is 0 Å². The highest BCUT2D eigenvalue weighted by Crippen LogP contribution is 2.27. The standard InChI is InChI=1S/C14H18BIOS/c1-9(8-18-11(3)15)5-12-6-10(2)13(16)7-14(12)17-4/h6-8H,3,5,15H2,1-2,4H3/b9-8+. The Morgan fingerprint density at radius 2 is 2.22 bits per heavy atom. The molecule has 0 atom stereocenters. The Morgan fingerprint density at radius 1 is 1.56 bits per heavy atom. The molecule has 0 aliphatic rings. The number of allylic oxidation sites excluding steroid dienone is 1. The molecule has 0 aliphatic carbocycles. The van der Waals surface area contributed by atoms with Crippen molar-refractivity contribution in [2.24, 2.45) is 0 Å². The Kier molecular flexibility index (Phi) is 6.36. The van der Waals surface area contributed by atoms with Gasteiger partial charge in [0.25, 0.3) is 0 Å². The van der Waals surface area contributed by atoms with Crippen LogP contribution in [-0.2, 0) is 6.42 Å². The Labute approximate surface area is 129 Å². The molecule has 1 aromatic rings. The van der Waals surface area contributed by atoms with Crippen molar-refractivity contribution in [2.75, 3.05) is 7.11 Å². The molecule has 0 aromatic heterocycles. The van der Waals surface area contributed by atoms with Gasteiger partial charge in [-0.1, -0.05) is 23.0 Å². The lowest BCUT2D eigenvalue weighted by molar-refractivity contribution is 0.410. The van der Waals surface area contributed by atoms with Crippen LogP contribution in [0.1, 0.15) is 18.1 Å². The van der Waals surface area contributed by atoms with Crippen molar-refractivity contribution < 1.29 is 4.74 Å².